The first-order valence-corrected chi connectivity index (χ1v) is 9.52. The molecule has 0 saturated carbocycles. The SMILES string of the molecule is COc1ccc(NC(=O)COC(=O)c2ccc(N)cc2)cc1S(=O)(=O)N(C)C. The van der Waals surface area contributed by atoms with Gasteiger partial charge in [-0.3, -0.25) is 4.79 Å². The summed E-state index contributed by atoms with van der Waals surface area (Å²) in [5.41, 5.74) is 6.52. The molecular formula is C18H21N3O6S. The number of benzene rings is 2. The van der Waals surface area contributed by atoms with Crippen molar-refractivity contribution in [2.75, 3.05) is 38.9 Å². The number of hydrogen-bond donors (Lipinski definition) is 2. The van der Waals surface area contributed by atoms with Crippen LogP contribution in [0.1, 0.15) is 10.4 Å². The zero-order valence-electron chi connectivity index (χ0n) is 15.6. The second-order valence-electron chi connectivity index (χ2n) is 5.90. The van der Waals surface area contributed by atoms with E-state index >= 15 is 0 Å². The number of methoxy groups -OCH3 is 1. The molecule has 1 amide bonds. The Morgan fingerprint density at radius 3 is 2.32 bits per heavy atom. The van der Waals surface area contributed by atoms with Gasteiger partial charge in [0.05, 0.1) is 12.7 Å². The van der Waals surface area contributed by atoms with Crippen LogP contribution in [0.2, 0.25) is 0 Å². The van der Waals surface area contributed by atoms with Crippen molar-refractivity contribution in [2.45, 2.75) is 4.90 Å². The standard InChI is InChI=1S/C18H21N3O6S/c1-21(2)28(24,25)16-10-14(8-9-15(16)26-3)20-17(22)11-27-18(23)12-4-6-13(19)7-5-12/h4-10H,11,19H2,1-3H3,(H,20,22). The Balaban J connectivity index is 2.07. The fraction of sp³-hybridized carbons (Fsp3) is 0.222. The van der Waals surface area contributed by atoms with Gasteiger partial charge >= 0.3 is 5.97 Å². The first kappa shape index (κ1) is 21.2. The van der Waals surface area contributed by atoms with Gasteiger partial charge in [-0.15, -0.1) is 0 Å². The third-order valence-corrected chi connectivity index (χ3v) is 5.52. The number of rotatable bonds is 7. The maximum absolute atomic E-state index is 12.4. The monoisotopic (exact) mass is 407 g/mol. The number of ether oxygens (including phenoxy) is 2. The zero-order chi connectivity index (χ0) is 20.9. The van der Waals surface area contributed by atoms with E-state index < -0.39 is 28.5 Å². The lowest BCUT2D eigenvalue weighted by molar-refractivity contribution is -0.119. The zero-order valence-corrected chi connectivity index (χ0v) is 16.4. The topological polar surface area (TPSA) is 128 Å². The second-order valence-corrected chi connectivity index (χ2v) is 8.02. The molecule has 0 aliphatic heterocycles. The Morgan fingerprint density at radius 2 is 1.75 bits per heavy atom. The molecule has 150 valence electrons. The van der Waals surface area contributed by atoms with Crippen LogP contribution in [-0.2, 0) is 19.6 Å². The van der Waals surface area contributed by atoms with Gasteiger partial charge in [-0.25, -0.2) is 17.5 Å². The first-order chi connectivity index (χ1) is 13.1. The highest BCUT2D eigenvalue weighted by molar-refractivity contribution is 7.89. The number of amides is 1. The molecule has 0 unspecified atom stereocenters. The Bertz CT molecular complexity index is 971. The average molecular weight is 407 g/mol. The molecule has 3 N–H and O–H groups in total. The second kappa shape index (κ2) is 8.72. The minimum atomic E-state index is -3.78. The van der Waals surface area contributed by atoms with E-state index in [4.69, 9.17) is 15.2 Å². The van der Waals surface area contributed by atoms with Gasteiger partial charge in [0.1, 0.15) is 10.6 Å². The van der Waals surface area contributed by atoms with Crippen molar-refractivity contribution < 1.29 is 27.5 Å². The van der Waals surface area contributed by atoms with E-state index in [1.165, 1.54) is 51.5 Å². The van der Waals surface area contributed by atoms with Crippen molar-refractivity contribution in [2.24, 2.45) is 0 Å². The normalized spacial score (nSPS) is 11.1. The van der Waals surface area contributed by atoms with E-state index in [1.54, 1.807) is 12.1 Å². The highest BCUT2D eigenvalue weighted by atomic mass is 32.2. The molecule has 28 heavy (non-hydrogen) atoms. The predicted octanol–water partition coefficient (Wildman–Crippen LogP) is 1.32. The summed E-state index contributed by atoms with van der Waals surface area (Å²) in [5.74, 6) is -1.16. The number of sulfonamides is 1. The third-order valence-electron chi connectivity index (χ3n) is 3.69. The Hall–Kier alpha value is -3.11. The Morgan fingerprint density at radius 1 is 1.11 bits per heavy atom. The van der Waals surface area contributed by atoms with Crippen molar-refractivity contribution in [3.63, 3.8) is 0 Å². The van der Waals surface area contributed by atoms with E-state index in [2.05, 4.69) is 5.32 Å². The minimum Gasteiger partial charge on any atom is -0.495 e. The molecule has 0 aromatic heterocycles. The van der Waals surface area contributed by atoms with Gasteiger partial charge in [-0.2, -0.15) is 0 Å². The molecule has 0 radical (unpaired) electrons. The number of carbonyl (C=O) groups excluding carboxylic acids is 2. The molecule has 0 heterocycles. The summed E-state index contributed by atoms with van der Waals surface area (Å²) in [6.45, 7) is -0.537. The lowest BCUT2D eigenvalue weighted by Crippen LogP contribution is -2.24. The molecule has 9 nitrogen and oxygen atoms in total. The van der Waals surface area contributed by atoms with Crippen LogP contribution in [0.3, 0.4) is 0 Å². The number of nitrogen functional groups attached to an aromatic ring is 1. The minimum absolute atomic E-state index is 0.100. The summed E-state index contributed by atoms with van der Waals surface area (Å²) in [5, 5.41) is 2.49. The van der Waals surface area contributed by atoms with Crippen LogP contribution < -0.4 is 15.8 Å². The summed E-state index contributed by atoms with van der Waals surface area (Å²) in [4.78, 5) is 23.9. The van der Waals surface area contributed by atoms with Crippen LogP contribution in [-0.4, -0.2) is 52.4 Å². The summed E-state index contributed by atoms with van der Waals surface area (Å²) < 4.78 is 35.9. The Labute approximate surface area is 163 Å². The molecule has 0 fully saturated rings. The fourth-order valence-electron chi connectivity index (χ4n) is 2.18. The van der Waals surface area contributed by atoms with Gasteiger partial charge in [-0.05, 0) is 42.5 Å². The molecular weight excluding hydrogens is 386 g/mol. The first-order valence-electron chi connectivity index (χ1n) is 8.08. The number of carbonyl (C=O) groups is 2. The third kappa shape index (κ3) is 4.99. The number of anilines is 2. The quantitative estimate of drug-likeness (QED) is 0.523. The fourth-order valence-corrected chi connectivity index (χ4v) is 3.26. The highest BCUT2D eigenvalue weighted by Crippen LogP contribution is 2.28. The maximum atomic E-state index is 12.4. The van der Waals surface area contributed by atoms with Crippen molar-refractivity contribution in [3.05, 3.63) is 48.0 Å². The summed E-state index contributed by atoms with van der Waals surface area (Å²) in [6.07, 6.45) is 0. The average Bonchev–Trinajstić information content (AvgIpc) is 2.66. The molecule has 0 bridgehead atoms. The number of nitrogens with one attached hydrogen (secondary N) is 1. The van der Waals surface area contributed by atoms with Crippen LogP contribution in [0, 0.1) is 0 Å². The lowest BCUT2D eigenvalue weighted by atomic mass is 10.2. The molecule has 2 aromatic rings. The molecule has 0 aliphatic rings. The van der Waals surface area contributed by atoms with Crippen LogP contribution in [0.25, 0.3) is 0 Å². The van der Waals surface area contributed by atoms with E-state index in [0.717, 1.165) is 4.31 Å². The van der Waals surface area contributed by atoms with Crippen molar-refractivity contribution in [1.29, 1.82) is 0 Å². The van der Waals surface area contributed by atoms with Gasteiger partial charge in [0.25, 0.3) is 5.91 Å². The molecule has 2 aromatic carbocycles. The van der Waals surface area contributed by atoms with Gasteiger partial charge in [0.15, 0.2) is 6.61 Å². The summed E-state index contributed by atoms with van der Waals surface area (Å²) >= 11 is 0. The van der Waals surface area contributed by atoms with Gasteiger partial charge < -0.3 is 20.5 Å². The summed E-state index contributed by atoms with van der Waals surface area (Å²) in [7, 11) is 0.336. The van der Waals surface area contributed by atoms with E-state index in [0.29, 0.717) is 5.69 Å². The van der Waals surface area contributed by atoms with E-state index in [9.17, 15) is 18.0 Å². The molecule has 10 heteroatoms. The Kier molecular flexibility index (Phi) is 6.60. The molecule has 0 atom stereocenters. The molecule has 0 saturated heterocycles. The summed E-state index contributed by atoms with van der Waals surface area (Å²) in [6, 6.07) is 10.2. The van der Waals surface area contributed by atoms with Crippen molar-refractivity contribution >= 4 is 33.3 Å². The van der Waals surface area contributed by atoms with E-state index in [1.807, 2.05) is 0 Å². The molecule has 0 aliphatic carbocycles. The number of nitrogens with two attached hydrogens (primary N) is 1. The van der Waals surface area contributed by atoms with Crippen LogP contribution >= 0.6 is 0 Å². The number of hydrogen-bond acceptors (Lipinski definition) is 7. The predicted molar refractivity (Wildman–Crippen MR) is 104 cm³/mol. The van der Waals surface area contributed by atoms with Crippen LogP contribution in [0.15, 0.2) is 47.4 Å². The largest absolute Gasteiger partial charge is 0.495 e. The van der Waals surface area contributed by atoms with Crippen LogP contribution in [0.5, 0.6) is 5.75 Å². The van der Waals surface area contributed by atoms with Crippen molar-refractivity contribution in [1.82, 2.24) is 4.31 Å². The number of nitrogens with zero attached hydrogens (tertiary/aromatic N) is 1. The molecule has 0 spiro atoms. The molecule has 2 rings (SSSR count). The maximum Gasteiger partial charge on any atom is 0.338 e. The van der Waals surface area contributed by atoms with E-state index in [-0.39, 0.29) is 21.9 Å². The van der Waals surface area contributed by atoms with Crippen LogP contribution in [0.4, 0.5) is 11.4 Å². The van der Waals surface area contributed by atoms with Gasteiger partial charge in [-0.1, -0.05) is 0 Å². The van der Waals surface area contributed by atoms with Crippen molar-refractivity contribution in [3.8, 4) is 5.75 Å². The lowest BCUT2D eigenvalue weighted by Gasteiger charge is -2.16. The highest BCUT2D eigenvalue weighted by Gasteiger charge is 2.23. The van der Waals surface area contributed by atoms with Gasteiger partial charge in [0.2, 0.25) is 10.0 Å². The number of esters is 1. The smallest absolute Gasteiger partial charge is 0.338 e. The van der Waals surface area contributed by atoms with Gasteiger partial charge in [0, 0.05) is 25.5 Å².